The van der Waals surface area contributed by atoms with E-state index in [2.05, 4.69) is 22.7 Å². The average molecular weight is 457 g/mol. The highest BCUT2D eigenvalue weighted by molar-refractivity contribution is 7.80. The summed E-state index contributed by atoms with van der Waals surface area (Å²) in [5, 5.41) is 3.50. The number of nitrogens with two attached hydrogens (primary N) is 1. The summed E-state index contributed by atoms with van der Waals surface area (Å²) in [6, 6.07) is 7.53. The van der Waals surface area contributed by atoms with E-state index in [4.69, 9.17) is 5.73 Å². The number of benzene rings is 2. The lowest BCUT2D eigenvalue weighted by Gasteiger charge is -2.36. The zero-order valence-electron chi connectivity index (χ0n) is 16.3. The second kappa shape index (κ2) is 9.56. The lowest BCUT2D eigenvalue weighted by atomic mass is 10.1. The van der Waals surface area contributed by atoms with Gasteiger partial charge in [0, 0.05) is 44.4 Å². The normalized spacial score (nSPS) is 15.5. The largest absolute Gasteiger partial charge is 0.416 e. The minimum absolute atomic E-state index is 0.0765. The van der Waals surface area contributed by atoms with Crippen LogP contribution in [0.1, 0.15) is 16.7 Å². The summed E-state index contributed by atoms with van der Waals surface area (Å²) >= 11 is 4.57. The Morgan fingerprint density at radius 1 is 1.10 bits per heavy atom. The Morgan fingerprint density at radius 2 is 1.77 bits per heavy atom. The first-order chi connectivity index (χ1) is 14.6. The van der Waals surface area contributed by atoms with E-state index in [1.807, 2.05) is 4.90 Å². The van der Waals surface area contributed by atoms with Crippen LogP contribution in [0.4, 0.5) is 27.6 Å². The van der Waals surface area contributed by atoms with Crippen molar-refractivity contribution in [3.63, 3.8) is 0 Å². The molecule has 1 fully saturated rings. The van der Waals surface area contributed by atoms with Gasteiger partial charge in [-0.3, -0.25) is 10.3 Å². The molecule has 0 bridgehead atoms. The van der Waals surface area contributed by atoms with Crippen LogP contribution in [0.5, 0.6) is 0 Å². The van der Waals surface area contributed by atoms with Crippen molar-refractivity contribution < 1.29 is 22.0 Å². The number of anilines is 1. The first kappa shape index (κ1) is 22.9. The Labute approximate surface area is 181 Å². The number of nitrogens with zero attached hydrogens (tertiary/aromatic N) is 3. The molecule has 0 amide bonds. The maximum atomic E-state index is 14.5. The number of hydrazone groups is 1. The van der Waals surface area contributed by atoms with Crippen molar-refractivity contribution in [3.05, 3.63) is 64.7 Å². The highest BCUT2D eigenvalue weighted by atomic mass is 32.1. The lowest BCUT2D eigenvalue weighted by molar-refractivity contribution is -0.138. The molecule has 0 spiro atoms. The van der Waals surface area contributed by atoms with Gasteiger partial charge in [0.1, 0.15) is 11.6 Å². The van der Waals surface area contributed by atoms with Crippen LogP contribution in [-0.4, -0.2) is 42.4 Å². The first-order valence-corrected chi connectivity index (χ1v) is 9.76. The van der Waals surface area contributed by atoms with Crippen LogP contribution >= 0.6 is 12.2 Å². The van der Waals surface area contributed by atoms with Crippen molar-refractivity contribution in [2.75, 3.05) is 31.1 Å². The lowest BCUT2D eigenvalue weighted by Crippen LogP contribution is -2.46. The summed E-state index contributed by atoms with van der Waals surface area (Å²) in [6.45, 7) is 1.65. The van der Waals surface area contributed by atoms with Gasteiger partial charge in [-0.15, -0.1) is 0 Å². The molecule has 2 aromatic carbocycles. The third-order valence-corrected chi connectivity index (χ3v) is 4.97. The maximum absolute atomic E-state index is 14.5. The summed E-state index contributed by atoms with van der Waals surface area (Å²) in [4.78, 5) is 3.52. The average Bonchev–Trinajstić information content (AvgIpc) is 2.70. The quantitative estimate of drug-likeness (QED) is 0.312. The second-order valence-corrected chi connectivity index (χ2v) is 7.42. The predicted molar refractivity (Wildman–Crippen MR) is 113 cm³/mol. The fourth-order valence-electron chi connectivity index (χ4n) is 3.38. The number of hydrogen-bond donors (Lipinski definition) is 2. The van der Waals surface area contributed by atoms with Crippen molar-refractivity contribution in [1.82, 2.24) is 10.3 Å². The number of halogens is 5. The molecule has 0 aromatic heterocycles. The van der Waals surface area contributed by atoms with Gasteiger partial charge in [-0.25, -0.2) is 8.78 Å². The van der Waals surface area contributed by atoms with Gasteiger partial charge in [-0.2, -0.15) is 18.3 Å². The van der Waals surface area contributed by atoms with Crippen LogP contribution in [0.25, 0.3) is 0 Å². The van der Waals surface area contributed by atoms with Crippen molar-refractivity contribution in [1.29, 1.82) is 0 Å². The van der Waals surface area contributed by atoms with Gasteiger partial charge in [0.2, 0.25) is 0 Å². The second-order valence-electron chi connectivity index (χ2n) is 6.98. The molecule has 1 aliphatic rings. The monoisotopic (exact) mass is 457 g/mol. The Hall–Kier alpha value is -2.79. The van der Waals surface area contributed by atoms with Crippen molar-refractivity contribution in [2.45, 2.75) is 12.7 Å². The van der Waals surface area contributed by atoms with Crippen LogP contribution in [0.2, 0.25) is 0 Å². The summed E-state index contributed by atoms with van der Waals surface area (Å²) in [5.74, 6) is -1.31. The highest BCUT2D eigenvalue weighted by Gasteiger charge is 2.33. The van der Waals surface area contributed by atoms with E-state index in [9.17, 15) is 22.0 Å². The number of alkyl halides is 3. The fourth-order valence-corrected chi connectivity index (χ4v) is 3.43. The third-order valence-electron chi connectivity index (χ3n) is 4.87. The molecule has 31 heavy (non-hydrogen) atoms. The van der Waals surface area contributed by atoms with Gasteiger partial charge in [-0.05, 0) is 29.9 Å². The molecule has 1 heterocycles. The molecule has 3 rings (SSSR count). The Bertz CT molecular complexity index is 971. The molecule has 5 nitrogen and oxygen atoms in total. The van der Waals surface area contributed by atoms with E-state index < -0.39 is 23.4 Å². The van der Waals surface area contributed by atoms with Crippen LogP contribution < -0.4 is 16.1 Å². The molecule has 166 valence electrons. The fraction of sp³-hybridized carbons (Fsp3) is 0.300. The van der Waals surface area contributed by atoms with Crippen molar-refractivity contribution in [2.24, 2.45) is 10.8 Å². The standard InChI is InChI=1S/C20H20F5N5S/c21-16-10-18(17(22)9-14(16)11-27-28-19(26)31)30-7-5-29(6-8-30)12-13-3-1-2-4-15(13)20(23,24)25/h1-4,9-11H,5-8,12H2,(H3,26,28,31). The van der Waals surface area contributed by atoms with Gasteiger partial charge in [0.15, 0.2) is 5.11 Å². The van der Waals surface area contributed by atoms with Gasteiger partial charge in [0.25, 0.3) is 0 Å². The number of piperazine rings is 1. The van der Waals surface area contributed by atoms with Crippen LogP contribution in [0, 0.1) is 11.6 Å². The number of thiocarbonyl (C=S) groups is 1. The molecular weight excluding hydrogens is 437 g/mol. The van der Waals surface area contributed by atoms with Crippen LogP contribution in [0.15, 0.2) is 41.5 Å². The first-order valence-electron chi connectivity index (χ1n) is 9.35. The highest BCUT2D eigenvalue weighted by Crippen LogP contribution is 2.32. The zero-order chi connectivity index (χ0) is 22.6. The smallest absolute Gasteiger partial charge is 0.375 e. The van der Waals surface area contributed by atoms with Crippen molar-refractivity contribution >= 4 is 29.2 Å². The van der Waals surface area contributed by atoms with Gasteiger partial charge >= 0.3 is 6.18 Å². The van der Waals surface area contributed by atoms with Gasteiger partial charge < -0.3 is 10.6 Å². The number of nitrogens with one attached hydrogen (secondary N) is 1. The topological polar surface area (TPSA) is 56.9 Å². The molecule has 0 unspecified atom stereocenters. The van der Waals surface area contributed by atoms with E-state index in [1.54, 1.807) is 11.0 Å². The Balaban J connectivity index is 1.66. The molecule has 2 aromatic rings. The molecular formula is C20H20F5N5S. The van der Waals surface area contributed by atoms with Crippen LogP contribution in [-0.2, 0) is 12.7 Å². The van der Waals surface area contributed by atoms with E-state index in [0.717, 1.165) is 24.4 Å². The third kappa shape index (κ3) is 5.88. The van der Waals surface area contributed by atoms with E-state index in [0.29, 0.717) is 26.2 Å². The summed E-state index contributed by atoms with van der Waals surface area (Å²) in [6.07, 6.45) is -3.36. The molecule has 0 radical (unpaired) electrons. The van der Waals surface area contributed by atoms with E-state index >= 15 is 0 Å². The SMILES string of the molecule is NC(=S)NN=Cc1cc(F)c(N2CCN(Cc3ccccc3C(F)(F)F)CC2)cc1F. The number of hydrogen-bond acceptors (Lipinski definition) is 4. The maximum Gasteiger partial charge on any atom is 0.416 e. The summed E-state index contributed by atoms with van der Waals surface area (Å²) in [7, 11) is 0. The zero-order valence-corrected chi connectivity index (χ0v) is 17.1. The summed E-state index contributed by atoms with van der Waals surface area (Å²) in [5.41, 5.74) is 7.01. The molecule has 11 heteroatoms. The molecule has 0 aliphatic carbocycles. The van der Waals surface area contributed by atoms with Crippen molar-refractivity contribution in [3.8, 4) is 0 Å². The summed E-state index contributed by atoms with van der Waals surface area (Å²) < 4.78 is 68.5. The Morgan fingerprint density at radius 3 is 2.42 bits per heavy atom. The van der Waals surface area contributed by atoms with E-state index in [-0.39, 0.29) is 28.5 Å². The van der Waals surface area contributed by atoms with Gasteiger partial charge in [0.05, 0.1) is 17.5 Å². The Kier molecular flexibility index (Phi) is 7.06. The molecule has 0 saturated carbocycles. The molecule has 3 N–H and O–H groups in total. The van der Waals surface area contributed by atoms with E-state index in [1.165, 1.54) is 12.1 Å². The molecule has 0 atom stereocenters. The predicted octanol–water partition coefficient (Wildman–Crippen LogP) is 3.47. The van der Waals surface area contributed by atoms with Crippen LogP contribution in [0.3, 0.4) is 0 Å². The minimum atomic E-state index is -4.42. The molecule has 1 saturated heterocycles. The minimum Gasteiger partial charge on any atom is -0.375 e. The van der Waals surface area contributed by atoms with Gasteiger partial charge in [-0.1, -0.05) is 18.2 Å². The number of rotatable bonds is 5. The molecule has 1 aliphatic heterocycles.